The predicted octanol–water partition coefficient (Wildman–Crippen LogP) is 5.56. The number of alkyl halides is 4. The molecule has 32 heteroatoms. The molecule has 544 valence electrons. The number of benzene rings is 4. The van der Waals surface area contributed by atoms with Gasteiger partial charge in [0.1, 0.15) is 48.3 Å². The van der Waals surface area contributed by atoms with Crippen molar-refractivity contribution in [3.05, 3.63) is 142 Å². The van der Waals surface area contributed by atoms with Gasteiger partial charge in [-0.15, -0.1) is 0 Å². The van der Waals surface area contributed by atoms with Gasteiger partial charge in [0, 0.05) is 39.9 Å². The summed E-state index contributed by atoms with van der Waals surface area (Å²) >= 11 is 9.00. The number of hydrogen-bond donors (Lipinski definition) is 0. The Hall–Kier alpha value is -7.88. The molecule has 0 unspecified atom stereocenters. The minimum Gasteiger partial charge on any atom is -0.467 e. The zero-order valence-electron chi connectivity index (χ0n) is 56.2. The number of imide groups is 4. The van der Waals surface area contributed by atoms with Crippen molar-refractivity contribution < 1.29 is 95.7 Å². The third-order valence-corrected chi connectivity index (χ3v) is 27.1. The molecule has 16 rings (SSSR count). The van der Waals surface area contributed by atoms with Crippen LogP contribution in [-0.4, -0.2) is 251 Å². The van der Waals surface area contributed by atoms with Gasteiger partial charge in [0.2, 0.25) is 23.6 Å². The van der Waals surface area contributed by atoms with E-state index in [1.54, 1.807) is 117 Å². The molecule has 0 aliphatic carbocycles. The molecule has 16 atom stereocenters. The second kappa shape index (κ2) is 29.8. The summed E-state index contributed by atoms with van der Waals surface area (Å²) in [6, 6.07) is 19.9. The van der Waals surface area contributed by atoms with E-state index in [1.165, 1.54) is 28.4 Å². The maximum absolute atomic E-state index is 13.2. The SMILES string of the molecule is COC(=O)[C@@H]1CC[C@@H]2[C@H](I)C[C@H](N3C(=O)c4ccccc4C3=O)C(=O)N21.COC(=O)[C@@H]1CC[C@@H]2[C@H](I)C[C@H](N3C(=O)c4ccccc4C3=O)C(=O)N21.COC(=O)[C@@H]1CC[C@@H]2[C@H](I)C[C@H](N3C(=O)c4ccccc4C3=O)C(=O)N21.COC(=O)[C@@H]1CC[C@@H]2[C@H](I)C[C@H](N3C(=O)c4ccccc4C3=O)C(=O)N21. The van der Waals surface area contributed by atoms with E-state index >= 15 is 0 Å². The van der Waals surface area contributed by atoms with E-state index in [-0.39, 0.29) is 63.5 Å². The van der Waals surface area contributed by atoms with Crippen LogP contribution in [0.4, 0.5) is 0 Å². The zero-order chi connectivity index (χ0) is 74.3. The summed E-state index contributed by atoms with van der Waals surface area (Å²) in [5.74, 6) is -6.73. The van der Waals surface area contributed by atoms with Crippen LogP contribution in [0.2, 0.25) is 0 Å². The Kier molecular flexibility index (Phi) is 21.3. The highest BCUT2D eigenvalue weighted by atomic mass is 127. The van der Waals surface area contributed by atoms with E-state index in [4.69, 9.17) is 18.9 Å². The maximum atomic E-state index is 13.2. The van der Waals surface area contributed by atoms with Crippen LogP contribution in [0.3, 0.4) is 0 Å². The Morgan fingerprint density at radius 1 is 0.279 bits per heavy atom. The van der Waals surface area contributed by atoms with Gasteiger partial charge in [-0.2, -0.15) is 0 Å². The first kappa shape index (κ1) is 74.4. The topological polar surface area (TPSA) is 336 Å². The van der Waals surface area contributed by atoms with E-state index in [0.29, 0.717) is 122 Å². The van der Waals surface area contributed by atoms with E-state index in [0.717, 1.165) is 19.6 Å². The van der Waals surface area contributed by atoms with Crippen LogP contribution in [0.1, 0.15) is 160 Å². The Morgan fingerprint density at radius 2 is 0.433 bits per heavy atom. The van der Waals surface area contributed by atoms with Gasteiger partial charge in [-0.25, -0.2) is 19.2 Å². The number of hydrogen-bond acceptors (Lipinski definition) is 20. The van der Waals surface area contributed by atoms with Crippen LogP contribution >= 0.6 is 90.4 Å². The number of ether oxygens (including phenoxy) is 4. The lowest BCUT2D eigenvalue weighted by molar-refractivity contribution is -0.155. The average Bonchev–Trinajstić information content (AvgIpc) is 1.59. The number of fused-ring (bicyclic) bond motifs is 8. The molecule has 8 fully saturated rings. The largest absolute Gasteiger partial charge is 0.467 e. The van der Waals surface area contributed by atoms with Crippen LogP contribution in [0.25, 0.3) is 0 Å². The molecule has 0 bridgehead atoms. The molecular formula is C72H68I4N8O20. The van der Waals surface area contributed by atoms with Crippen LogP contribution in [0.5, 0.6) is 0 Å². The van der Waals surface area contributed by atoms with E-state index in [2.05, 4.69) is 90.4 Å². The first-order chi connectivity index (χ1) is 49.8. The summed E-state index contributed by atoms with van der Waals surface area (Å²) in [6.07, 6.45) is 6.63. The van der Waals surface area contributed by atoms with Crippen molar-refractivity contribution in [2.45, 2.75) is 165 Å². The highest BCUT2D eigenvalue weighted by Gasteiger charge is 2.60. The van der Waals surface area contributed by atoms with Gasteiger partial charge in [-0.3, -0.25) is 77.1 Å². The molecule has 0 aromatic heterocycles. The fourth-order valence-electron chi connectivity index (χ4n) is 16.9. The number of esters is 4. The summed E-state index contributed by atoms with van der Waals surface area (Å²) in [4.78, 5) is 214. The van der Waals surface area contributed by atoms with Crippen molar-refractivity contribution in [1.29, 1.82) is 0 Å². The molecule has 0 saturated carbocycles. The van der Waals surface area contributed by atoms with Crippen molar-refractivity contribution in [3.63, 3.8) is 0 Å². The molecular weight excluding hydrogens is 1800 g/mol. The number of methoxy groups -OCH3 is 4. The van der Waals surface area contributed by atoms with Crippen molar-refractivity contribution in [1.82, 2.24) is 39.2 Å². The summed E-state index contributed by atoms with van der Waals surface area (Å²) < 4.78 is 19.6. The molecule has 0 spiro atoms. The molecule has 28 nitrogen and oxygen atoms in total. The van der Waals surface area contributed by atoms with Gasteiger partial charge < -0.3 is 38.5 Å². The highest BCUT2D eigenvalue weighted by molar-refractivity contribution is 14.1. The van der Waals surface area contributed by atoms with Crippen LogP contribution in [0.15, 0.2) is 97.1 Å². The molecule has 12 aliphatic heterocycles. The third-order valence-electron chi connectivity index (χ3n) is 21.8. The van der Waals surface area contributed by atoms with Crippen LogP contribution in [0, 0.1) is 0 Å². The van der Waals surface area contributed by atoms with Crippen LogP contribution < -0.4 is 0 Å². The Labute approximate surface area is 649 Å². The van der Waals surface area contributed by atoms with Gasteiger partial charge in [0.05, 0.1) is 72.9 Å². The number of piperidine rings is 4. The monoisotopic (exact) mass is 1870 g/mol. The molecule has 104 heavy (non-hydrogen) atoms. The lowest BCUT2D eigenvalue weighted by atomic mass is 9.96. The quantitative estimate of drug-likeness (QED) is 0.0684. The highest BCUT2D eigenvalue weighted by Crippen LogP contribution is 2.45. The standard InChI is InChI=1S/4C18H17IN2O5/c4*1-26-18(25)13-7-6-12-11(19)8-14(17(24)20(12)13)21-15(22)9-4-2-3-5-10(9)16(21)23/h4*2-5,11-14H,6-8H2,1H3/t4*11-,12-,13+,14+/m1111/s1. The van der Waals surface area contributed by atoms with E-state index in [1.807, 2.05) is 0 Å². The molecule has 0 radical (unpaired) electrons. The van der Waals surface area contributed by atoms with Gasteiger partial charge in [0.25, 0.3) is 47.3 Å². The second-order valence-electron chi connectivity index (χ2n) is 26.9. The Bertz CT molecular complexity index is 3700. The fourth-order valence-corrected chi connectivity index (χ4v) is 21.7. The summed E-state index contributed by atoms with van der Waals surface area (Å²) in [5.41, 5.74) is 2.58. The maximum Gasteiger partial charge on any atom is 0.328 e. The lowest BCUT2D eigenvalue weighted by Crippen LogP contribution is -2.61. The van der Waals surface area contributed by atoms with Crippen molar-refractivity contribution >= 4 is 185 Å². The molecule has 12 aliphatic rings. The average molecular weight is 1870 g/mol. The van der Waals surface area contributed by atoms with Crippen molar-refractivity contribution in [3.8, 4) is 0 Å². The van der Waals surface area contributed by atoms with E-state index in [9.17, 15) is 76.7 Å². The summed E-state index contributed by atoms with van der Waals surface area (Å²) in [6.45, 7) is 0. The summed E-state index contributed by atoms with van der Waals surface area (Å²) in [5, 5.41) is 0. The molecule has 0 N–H and O–H groups in total. The van der Waals surface area contributed by atoms with Gasteiger partial charge in [-0.05, 0) is 126 Å². The fraction of sp³-hybridized carbons (Fsp3) is 0.444. The smallest absolute Gasteiger partial charge is 0.328 e. The van der Waals surface area contributed by atoms with Gasteiger partial charge >= 0.3 is 23.9 Å². The minimum atomic E-state index is -0.884. The van der Waals surface area contributed by atoms with Crippen molar-refractivity contribution in [2.75, 3.05) is 28.4 Å². The second-order valence-corrected chi connectivity index (χ2v) is 33.3. The Balaban J connectivity index is 0.000000123. The molecule has 4 aromatic carbocycles. The first-order valence-electron chi connectivity index (χ1n) is 33.9. The number of nitrogens with zero attached hydrogens (tertiary/aromatic N) is 8. The van der Waals surface area contributed by atoms with Gasteiger partial charge in [-0.1, -0.05) is 139 Å². The van der Waals surface area contributed by atoms with E-state index < -0.39 is 119 Å². The van der Waals surface area contributed by atoms with Crippen molar-refractivity contribution in [2.24, 2.45) is 0 Å². The number of amides is 12. The van der Waals surface area contributed by atoms with Gasteiger partial charge in [0.15, 0.2) is 0 Å². The number of rotatable bonds is 8. The molecule has 12 heterocycles. The predicted molar refractivity (Wildman–Crippen MR) is 395 cm³/mol. The van der Waals surface area contributed by atoms with Crippen LogP contribution in [-0.2, 0) is 57.3 Å². The third kappa shape index (κ3) is 12.4. The zero-order valence-corrected chi connectivity index (χ0v) is 64.8. The first-order valence-corrected chi connectivity index (χ1v) is 38.8. The lowest BCUT2D eigenvalue weighted by Gasteiger charge is -2.42. The number of carbonyl (C=O) groups excluding carboxylic acids is 16. The normalized spacial score (nSPS) is 30.5. The molecule has 4 aromatic rings. The number of halogens is 4. The molecule has 12 amide bonds. The molecule has 8 saturated heterocycles. The summed E-state index contributed by atoms with van der Waals surface area (Å²) in [7, 11) is 5.20. The Morgan fingerprint density at radius 3 is 0.577 bits per heavy atom. The number of carbonyl (C=O) groups is 16. The minimum absolute atomic E-state index is 0.0502.